The van der Waals surface area contributed by atoms with Crippen LogP contribution in [-0.4, -0.2) is 29.7 Å². The molecule has 0 spiro atoms. The summed E-state index contributed by atoms with van der Waals surface area (Å²) in [5, 5.41) is 4.38. The summed E-state index contributed by atoms with van der Waals surface area (Å²) in [5.74, 6) is 1.79. The van der Waals surface area contributed by atoms with Crippen LogP contribution in [0.4, 0.5) is 16.3 Å². The Morgan fingerprint density at radius 1 is 0.872 bits per heavy atom. The molecule has 0 fully saturated rings. The molecule has 1 aliphatic rings. The molecule has 4 aromatic carbocycles. The average Bonchev–Trinajstić information content (AvgIpc) is 3.39. The number of carbonyl (C=O) groups is 1. The van der Waals surface area contributed by atoms with Crippen molar-refractivity contribution in [2.45, 2.75) is 19.1 Å². The Balaban J connectivity index is 1.34. The molecule has 5 aromatic rings. The van der Waals surface area contributed by atoms with Crippen LogP contribution >= 0.6 is 0 Å². The Bertz CT molecular complexity index is 1610. The maximum Gasteiger partial charge on any atom is 0.414 e. The SMILES string of the molecule is COc1cccc2c(NCc3ccccc3)nc(C3CN(C(=O)OCc4ccccc4)c4ccccc43)nc12. The highest BCUT2D eigenvalue weighted by molar-refractivity contribution is 5.94. The van der Waals surface area contributed by atoms with E-state index >= 15 is 0 Å². The quantitative estimate of drug-likeness (QED) is 0.265. The second-order valence-corrected chi connectivity index (χ2v) is 9.39. The van der Waals surface area contributed by atoms with Gasteiger partial charge in [0.1, 0.15) is 29.5 Å². The van der Waals surface area contributed by atoms with E-state index in [2.05, 4.69) is 17.4 Å². The van der Waals surface area contributed by atoms with E-state index < -0.39 is 6.09 Å². The van der Waals surface area contributed by atoms with Crippen molar-refractivity contribution in [1.82, 2.24) is 9.97 Å². The number of para-hydroxylation sites is 2. The van der Waals surface area contributed by atoms with Crippen molar-refractivity contribution >= 4 is 28.5 Å². The van der Waals surface area contributed by atoms with Crippen molar-refractivity contribution in [3.05, 3.63) is 126 Å². The molecule has 194 valence electrons. The number of fused-ring (bicyclic) bond motifs is 2. The van der Waals surface area contributed by atoms with Crippen molar-refractivity contribution in [2.24, 2.45) is 0 Å². The number of hydrogen-bond donors (Lipinski definition) is 1. The van der Waals surface area contributed by atoms with E-state index in [4.69, 9.17) is 19.4 Å². The van der Waals surface area contributed by atoms with Crippen LogP contribution < -0.4 is 15.0 Å². The highest BCUT2D eigenvalue weighted by Crippen LogP contribution is 2.41. The highest BCUT2D eigenvalue weighted by Gasteiger charge is 2.36. The molecule has 6 rings (SSSR count). The minimum Gasteiger partial charge on any atom is -0.494 e. The van der Waals surface area contributed by atoms with E-state index in [9.17, 15) is 4.79 Å². The first-order valence-corrected chi connectivity index (χ1v) is 12.9. The smallest absolute Gasteiger partial charge is 0.414 e. The van der Waals surface area contributed by atoms with Crippen LogP contribution in [0, 0.1) is 0 Å². The van der Waals surface area contributed by atoms with Gasteiger partial charge in [0.15, 0.2) is 0 Å². The Morgan fingerprint density at radius 3 is 2.36 bits per heavy atom. The Hall–Kier alpha value is -4.91. The van der Waals surface area contributed by atoms with Gasteiger partial charge in [-0.1, -0.05) is 84.9 Å². The van der Waals surface area contributed by atoms with E-state index in [-0.39, 0.29) is 12.5 Å². The lowest BCUT2D eigenvalue weighted by molar-refractivity contribution is 0.147. The van der Waals surface area contributed by atoms with Crippen molar-refractivity contribution in [1.29, 1.82) is 0 Å². The summed E-state index contributed by atoms with van der Waals surface area (Å²) in [5.41, 5.74) is 4.60. The van der Waals surface area contributed by atoms with Gasteiger partial charge >= 0.3 is 6.09 Å². The molecule has 2 heterocycles. The summed E-state index contributed by atoms with van der Waals surface area (Å²) in [6.45, 7) is 1.20. The summed E-state index contributed by atoms with van der Waals surface area (Å²) in [6, 6.07) is 33.6. The van der Waals surface area contributed by atoms with Gasteiger partial charge in [-0.05, 0) is 34.9 Å². The standard InChI is InChI=1S/C32H28N4O3/c1-38-28-18-10-16-25-29(28)34-31(35-30(25)33-19-22-11-4-2-5-12-22)26-20-36(27-17-9-8-15-24(26)27)32(37)39-21-23-13-6-3-7-14-23/h2-18,26H,19-21H2,1H3,(H,33,34,35). The van der Waals surface area contributed by atoms with Gasteiger partial charge in [0.2, 0.25) is 0 Å². The van der Waals surface area contributed by atoms with Gasteiger partial charge in [0.25, 0.3) is 0 Å². The number of benzene rings is 4. The number of amides is 1. The fraction of sp³-hybridized carbons (Fsp3) is 0.156. The van der Waals surface area contributed by atoms with Crippen LogP contribution in [0.1, 0.15) is 28.4 Å². The molecular weight excluding hydrogens is 488 g/mol. The number of hydrogen-bond acceptors (Lipinski definition) is 6. The molecule has 1 aromatic heterocycles. The third kappa shape index (κ3) is 4.99. The van der Waals surface area contributed by atoms with Gasteiger partial charge in [-0.2, -0.15) is 0 Å². The average molecular weight is 517 g/mol. The molecule has 1 unspecified atom stereocenters. The van der Waals surface area contributed by atoms with Crippen LogP contribution in [0.3, 0.4) is 0 Å². The number of nitrogens with zero attached hydrogens (tertiary/aromatic N) is 3. The van der Waals surface area contributed by atoms with Crippen molar-refractivity contribution in [3.63, 3.8) is 0 Å². The largest absolute Gasteiger partial charge is 0.494 e. The lowest BCUT2D eigenvalue weighted by Crippen LogP contribution is -2.30. The van der Waals surface area contributed by atoms with Gasteiger partial charge in [0, 0.05) is 18.5 Å². The topological polar surface area (TPSA) is 76.6 Å². The number of ether oxygens (including phenoxy) is 2. The fourth-order valence-electron chi connectivity index (χ4n) is 4.98. The number of rotatable bonds is 7. The predicted molar refractivity (Wildman–Crippen MR) is 152 cm³/mol. The highest BCUT2D eigenvalue weighted by atomic mass is 16.6. The minimum atomic E-state index is -0.394. The Morgan fingerprint density at radius 2 is 1.59 bits per heavy atom. The molecule has 39 heavy (non-hydrogen) atoms. The first-order valence-electron chi connectivity index (χ1n) is 12.9. The van der Waals surface area contributed by atoms with Gasteiger partial charge in [-0.25, -0.2) is 14.8 Å². The summed E-state index contributed by atoms with van der Waals surface area (Å²) in [7, 11) is 1.64. The van der Waals surface area contributed by atoms with Crippen LogP contribution in [0.2, 0.25) is 0 Å². The summed E-state index contributed by atoms with van der Waals surface area (Å²) < 4.78 is 11.3. The van der Waals surface area contributed by atoms with Crippen LogP contribution in [0.25, 0.3) is 10.9 Å². The molecule has 0 radical (unpaired) electrons. The van der Waals surface area contributed by atoms with E-state index in [0.717, 1.165) is 39.1 Å². The number of carbonyl (C=O) groups excluding carboxylic acids is 1. The zero-order valence-electron chi connectivity index (χ0n) is 21.6. The second-order valence-electron chi connectivity index (χ2n) is 9.39. The molecule has 1 aliphatic heterocycles. The van der Waals surface area contributed by atoms with Crippen molar-refractivity contribution in [2.75, 3.05) is 23.9 Å². The van der Waals surface area contributed by atoms with Gasteiger partial charge in [-0.3, -0.25) is 4.90 Å². The zero-order valence-corrected chi connectivity index (χ0v) is 21.6. The molecule has 0 aliphatic carbocycles. The van der Waals surface area contributed by atoms with Gasteiger partial charge in [0.05, 0.1) is 18.7 Å². The predicted octanol–water partition coefficient (Wildman–Crippen LogP) is 6.54. The summed E-state index contributed by atoms with van der Waals surface area (Å²) in [6.07, 6.45) is -0.394. The van der Waals surface area contributed by atoms with Gasteiger partial charge < -0.3 is 14.8 Å². The number of aromatic nitrogens is 2. The molecule has 0 bridgehead atoms. The molecule has 1 atom stereocenters. The lowest BCUT2D eigenvalue weighted by atomic mass is 10.0. The van der Waals surface area contributed by atoms with E-state index in [1.54, 1.807) is 12.0 Å². The molecule has 7 nitrogen and oxygen atoms in total. The second kappa shape index (κ2) is 10.8. The Kier molecular flexibility index (Phi) is 6.78. The molecule has 0 saturated heterocycles. The normalized spacial score (nSPS) is 14.2. The molecular formula is C32H28N4O3. The Labute approximate surface area is 227 Å². The summed E-state index contributed by atoms with van der Waals surface area (Å²) in [4.78, 5) is 24.9. The first kappa shape index (κ1) is 24.4. The van der Waals surface area contributed by atoms with Crippen LogP contribution in [-0.2, 0) is 17.9 Å². The monoisotopic (exact) mass is 516 g/mol. The number of anilines is 2. The van der Waals surface area contributed by atoms with Gasteiger partial charge in [-0.15, -0.1) is 0 Å². The maximum atomic E-state index is 13.2. The van der Waals surface area contributed by atoms with Crippen LogP contribution in [0.15, 0.2) is 103 Å². The lowest BCUT2D eigenvalue weighted by Gasteiger charge is -2.18. The molecule has 0 saturated carbocycles. The van der Waals surface area contributed by atoms with E-state index in [0.29, 0.717) is 24.7 Å². The van der Waals surface area contributed by atoms with Crippen LogP contribution in [0.5, 0.6) is 5.75 Å². The summed E-state index contributed by atoms with van der Waals surface area (Å²) >= 11 is 0. The molecule has 1 amide bonds. The minimum absolute atomic E-state index is 0.209. The first-order chi connectivity index (χ1) is 19.2. The maximum absolute atomic E-state index is 13.2. The third-order valence-corrected chi connectivity index (χ3v) is 6.93. The third-order valence-electron chi connectivity index (χ3n) is 6.93. The van der Waals surface area contributed by atoms with Crippen molar-refractivity contribution < 1.29 is 14.3 Å². The molecule has 1 N–H and O–H groups in total. The fourth-order valence-corrected chi connectivity index (χ4v) is 4.98. The zero-order chi connectivity index (χ0) is 26.6. The molecule has 7 heteroatoms. The number of nitrogens with one attached hydrogen (secondary N) is 1. The number of methoxy groups -OCH3 is 1. The van der Waals surface area contributed by atoms with E-state index in [1.165, 1.54) is 0 Å². The van der Waals surface area contributed by atoms with Crippen molar-refractivity contribution in [3.8, 4) is 5.75 Å². The van der Waals surface area contributed by atoms with E-state index in [1.807, 2.05) is 91.0 Å².